The van der Waals surface area contributed by atoms with Gasteiger partial charge in [0.25, 0.3) is 5.56 Å². The van der Waals surface area contributed by atoms with E-state index in [0.717, 1.165) is 39.2 Å². The lowest BCUT2D eigenvalue weighted by atomic mass is 10.1. The number of fused-ring (bicyclic) bond motifs is 3. The van der Waals surface area contributed by atoms with Gasteiger partial charge in [-0.1, -0.05) is 53.8 Å². The Labute approximate surface area is 189 Å². The van der Waals surface area contributed by atoms with Crippen LogP contribution in [-0.2, 0) is 0 Å². The van der Waals surface area contributed by atoms with Crippen molar-refractivity contribution in [2.75, 3.05) is 13.2 Å². The molecule has 0 saturated heterocycles. The second-order valence-electron chi connectivity index (χ2n) is 7.62. The number of benzene rings is 3. The Morgan fingerprint density at radius 3 is 2.41 bits per heavy atom. The van der Waals surface area contributed by atoms with Crippen LogP contribution in [-0.4, -0.2) is 22.6 Å². The molecule has 0 aliphatic heterocycles. The van der Waals surface area contributed by atoms with Crippen molar-refractivity contribution in [2.45, 2.75) is 13.8 Å². The second-order valence-corrected chi connectivity index (χ2v) is 8.63. The summed E-state index contributed by atoms with van der Waals surface area (Å²) in [6, 6.07) is 21.5. The molecule has 6 heteroatoms. The Morgan fingerprint density at radius 2 is 1.62 bits per heavy atom. The van der Waals surface area contributed by atoms with E-state index in [-0.39, 0.29) is 5.56 Å². The number of nitrogens with zero attached hydrogens (tertiary/aromatic N) is 2. The number of hydrogen-bond acceptors (Lipinski definition) is 5. The average molecular weight is 443 g/mol. The van der Waals surface area contributed by atoms with E-state index in [9.17, 15) is 4.79 Å². The van der Waals surface area contributed by atoms with Crippen LogP contribution < -0.4 is 19.6 Å². The van der Waals surface area contributed by atoms with Crippen LogP contribution in [0, 0.1) is 13.8 Å². The normalized spacial score (nSPS) is 12.0. The third-order valence-electron chi connectivity index (χ3n) is 5.33. The van der Waals surface area contributed by atoms with Crippen LogP contribution in [0.4, 0.5) is 0 Å². The van der Waals surface area contributed by atoms with Gasteiger partial charge < -0.3 is 9.47 Å². The summed E-state index contributed by atoms with van der Waals surface area (Å²) in [6.45, 7) is 5.01. The molecule has 3 aromatic carbocycles. The first-order chi connectivity index (χ1) is 15.6. The van der Waals surface area contributed by atoms with Crippen molar-refractivity contribution in [1.82, 2.24) is 9.38 Å². The molecule has 0 amide bonds. The maximum atomic E-state index is 12.9. The molecule has 0 spiro atoms. The topological polar surface area (TPSA) is 52.8 Å². The lowest BCUT2D eigenvalue weighted by Gasteiger charge is -2.12. The fourth-order valence-electron chi connectivity index (χ4n) is 3.75. The van der Waals surface area contributed by atoms with Crippen molar-refractivity contribution in [1.29, 1.82) is 0 Å². The van der Waals surface area contributed by atoms with Crippen molar-refractivity contribution < 1.29 is 9.47 Å². The summed E-state index contributed by atoms with van der Waals surface area (Å²) in [4.78, 5) is 18.1. The van der Waals surface area contributed by atoms with Crippen molar-refractivity contribution in [2.24, 2.45) is 0 Å². The maximum Gasteiger partial charge on any atom is 0.274 e. The summed E-state index contributed by atoms with van der Waals surface area (Å²) < 4.78 is 14.0. The highest BCUT2D eigenvalue weighted by atomic mass is 32.1. The molecule has 5 nitrogen and oxygen atoms in total. The zero-order valence-electron chi connectivity index (χ0n) is 17.9. The van der Waals surface area contributed by atoms with Crippen LogP contribution in [0.15, 0.2) is 71.5 Å². The molecule has 5 rings (SSSR count). The Hall–Kier alpha value is -3.64. The third kappa shape index (κ3) is 3.85. The van der Waals surface area contributed by atoms with Crippen molar-refractivity contribution in [3.8, 4) is 11.5 Å². The number of ether oxygens (including phenoxy) is 2. The molecule has 0 aliphatic carbocycles. The summed E-state index contributed by atoms with van der Waals surface area (Å²) >= 11 is 1.40. The number of aryl methyl sites for hydroxylation is 2. The van der Waals surface area contributed by atoms with Crippen LogP contribution in [0.25, 0.3) is 22.1 Å². The van der Waals surface area contributed by atoms with E-state index in [1.54, 1.807) is 4.40 Å². The first-order valence-corrected chi connectivity index (χ1v) is 11.3. The van der Waals surface area contributed by atoms with Crippen molar-refractivity contribution in [3.63, 3.8) is 0 Å². The Balaban J connectivity index is 1.27. The summed E-state index contributed by atoms with van der Waals surface area (Å²) in [5.41, 5.74) is 4.83. The Morgan fingerprint density at radius 1 is 0.906 bits per heavy atom. The molecule has 0 fully saturated rings. The Kier molecular flexibility index (Phi) is 5.37. The van der Waals surface area contributed by atoms with E-state index < -0.39 is 0 Å². The molecule has 0 bridgehead atoms. The molecule has 5 aromatic rings. The van der Waals surface area contributed by atoms with Crippen LogP contribution >= 0.6 is 11.3 Å². The summed E-state index contributed by atoms with van der Waals surface area (Å²) in [6.07, 6.45) is 1.89. The predicted molar refractivity (Wildman–Crippen MR) is 129 cm³/mol. The lowest BCUT2D eigenvalue weighted by Crippen LogP contribution is -2.22. The molecular formula is C26H22N2O3S. The highest BCUT2D eigenvalue weighted by Gasteiger charge is 2.10. The van der Waals surface area contributed by atoms with Gasteiger partial charge in [0.2, 0.25) is 0 Å². The van der Waals surface area contributed by atoms with Crippen LogP contribution in [0.3, 0.4) is 0 Å². The van der Waals surface area contributed by atoms with Gasteiger partial charge in [0.05, 0.1) is 15.6 Å². The predicted octanol–water partition coefficient (Wildman–Crippen LogP) is 4.53. The van der Waals surface area contributed by atoms with Crippen molar-refractivity contribution in [3.05, 3.63) is 98.3 Å². The zero-order chi connectivity index (χ0) is 22.1. The molecule has 0 saturated carbocycles. The molecule has 0 aliphatic rings. The smallest absolute Gasteiger partial charge is 0.274 e. The highest BCUT2D eigenvalue weighted by molar-refractivity contribution is 7.15. The summed E-state index contributed by atoms with van der Waals surface area (Å²) in [7, 11) is 0. The van der Waals surface area contributed by atoms with Crippen LogP contribution in [0.2, 0.25) is 0 Å². The van der Waals surface area contributed by atoms with Gasteiger partial charge in [0.1, 0.15) is 24.7 Å². The SMILES string of the molecule is Cc1cccc(C)c1OCCOc1ccc(/C=c2/sc3nc4ccccc4n3c2=O)cc1. The standard InChI is InChI=1S/C26H22N2O3S/c1-17-6-5-7-18(2)24(17)31-15-14-30-20-12-10-19(11-13-20)16-23-25(29)28-22-9-4-3-8-21(22)27-26(28)32-23/h3-13,16H,14-15H2,1-2H3/b23-16+. The van der Waals surface area contributed by atoms with Gasteiger partial charge in [-0.25, -0.2) is 9.38 Å². The average Bonchev–Trinajstić information content (AvgIpc) is 3.30. The van der Waals surface area contributed by atoms with Gasteiger partial charge in [-0.05, 0) is 60.9 Å². The third-order valence-corrected chi connectivity index (χ3v) is 6.30. The van der Waals surface area contributed by atoms with E-state index in [1.807, 2.05) is 86.7 Å². The fourth-order valence-corrected chi connectivity index (χ4v) is 4.74. The summed E-state index contributed by atoms with van der Waals surface area (Å²) in [5.74, 6) is 1.69. The van der Waals surface area contributed by atoms with E-state index >= 15 is 0 Å². The number of para-hydroxylation sites is 3. The minimum absolute atomic E-state index is 0.0392. The molecule has 0 unspecified atom stereocenters. The quantitative estimate of drug-likeness (QED) is 0.363. The van der Waals surface area contributed by atoms with Crippen LogP contribution in [0.5, 0.6) is 11.5 Å². The van der Waals surface area contributed by atoms with Gasteiger partial charge in [-0.15, -0.1) is 0 Å². The number of thiazole rings is 1. The number of aromatic nitrogens is 2. The van der Waals surface area contributed by atoms with E-state index in [0.29, 0.717) is 22.7 Å². The van der Waals surface area contributed by atoms with Crippen LogP contribution in [0.1, 0.15) is 16.7 Å². The molecule has 32 heavy (non-hydrogen) atoms. The largest absolute Gasteiger partial charge is 0.490 e. The maximum absolute atomic E-state index is 12.9. The molecule has 2 heterocycles. The second kappa shape index (κ2) is 8.48. The minimum atomic E-state index is -0.0392. The number of imidazole rings is 1. The van der Waals surface area contributed by atoms with E-state index in [2.05, 4.69) is 4.98 Å². The van der Waals surface area contributed by atoms with E-state index in [1.165, 1.54) is 11.3 Å². The van der Waals surface area contributed by atoms with Gasteiger partial charge in [0, 0.05) is 0 Å². The molecule has 2 aromatic heterocycles. The highest BCUT2D eigenvalue weighted by Crippen LogP contribution is 2.22. The Bertz CT molecular complexity index is 1500. The molecule has 0 atom stereocenters. The van der Waals surface area contributed by atoms with Gasteiger partial charge in [-0.2, -0.15) is 0 Å². The monoisotopic (exact) mass is 442 g/mol. The lowest BCUT2D eigenvalue weighted by molar-refractivity contribution is 0.215. The van der Waals surface area contributed by atoms with Gasteiger partial charge in [-0.3, -0.25) is 4.79 Å². The molecule has 0 radical (unpaired) electrons. The van der Waals surface area contributed by atoms with Gasteiger partial charge in [0.15, 0.2) is 4.96 Å². The summed E-state index contributed by atoms with van der Waals surface area (Å²) in [5, 5.41) is 0. The first-order valence-electron chi connectivity index (χ1n) is 10.4. The zero-order valence-corrected chi connectivity index (χ0v) is 18.7. The minimum Gasteiger partial charge on any atom is -0.490 e. The molecule has 160 valence electrons. The number of hydrogen-bond donors (Lipinski definition) is 0. The van der Waals surface area contributed by atoms with E-state index in [4.69, 9.17) is 9.47 Å². The van der Waals surface area contributed by atoms with Crippen molar-refractivity contribution >= 4 is 33.4 Å². The number of rotatable bonds is 6. The fraction of sp³-hybridized carbons (Fsp3) is 0.154. The molecular weight excluding hydrogens is 420 g/mol. The van der Waals surface area contributed by atoms with Gasteiger partial charge >= 0.3 is 0 Å². The first kappa shape index (κ1) is 20.3. The molecule has 0 N–H and O–H groups in total.